The van der Waals surface area contributed by atoms with E-state index in [9.17, 15) is 9.18 Å². The molecule has 0 unspecified atom stereocenters. The van der Waals surface area contributed by atoms with Crippen molar-refractivity contribution in [2.24, 2.45) is 5.92 Å². The zero-order valence-electron chi connectivity index (χ0n) is 16.1. The lowest BCUT2D eigenvalue weighted by molar-refractivity contribution is -0.136. The molecule has 3 heterocycles. The maximum Gasteiger partial charge on any atom is 0.255 e. The van der Waals surface area contributed by atoms with Gasteiger partial charge in [-0.1, -0.05) is 24.3 Å². The molecule has 0 atom stereocenters. The van der Waals surface area contributed by atoms with Gasteiger partial charge in [-0.3, -0.25) is 4.79 Å². The number of benzene rings is 1. The van der Waals surface area contributed by atoms with Crippen LogP contribution in [0.2, 0.25) is 0 Å². The molecule has 0 radical (unpaired) electrons. The van der Waals surface area contributed by atoms with Gasteiger partial charge in [0.15, 0.2) is 0 Å². The fraction of sp³-hybridized carbons (Fsp3) is 0.476. The molecular formula is C21H25FN4O2. The van der Waals surface area contributed by atoms with Crippen molar-refractivity contribution in [3.63, 3.8) is 0 Å². The van der Waals surface area contributed by atoms with Crippen molar-refractivity contribution in [1.29, 1.82) is 0 Å². The maximum atomic E-state index is 13.5. The predicted octanol–water partition coefficient (Wildman–Crippen LogP) is 2.82. The molecular weight excluding hydrogens is 359 g/mol. The van der Waals surface area contributed by atoms with Crippen LogP contribution in [0.15, 0.2) is 30.5 Å². The summed E-state index contributed by atoms with van der Waals surface area (Å²) < 4.78 is 18.5. The number of halogens is 1. The number of carbonyl (C=O) groups is 1. The second kappa shape index (κ2) is 8.12. The number of nitrogens with zero attached hydrogens (tertiary/aromatic N) is 4. The first-order chi connectivity index (χ1) is 13.7. The molecule has 1 amide bonds. The van der Waals surface area contributed by atoms with Gasteiger partial charge < -0.3 is 14.5 Å². The van der Waals surface area contributed by atoms with E-state index in [-0.39, 0.29) is 17.7 Å². The Labute approximate surface area is 164 Å². The van der Waals surface area contributed by atoms with Gasteiger partial charge in [0, 0.05) is 32.1 Å². The Morgan fingerprint density at radius 2 is 1.93 bits per heavy atom. The molecule has 1 aromatic carbocycles. The van der Waals surface area contributed by atoms with Crippen molar-refractivity contribution in [3.8, 4) is 5.88 Å². The average molecular weight is 384 g/mol. The first-order valence-corrected chi connectivity index (χ1v) is 9.82. The number of hydrogen-bond acceptors (Lipinski definition) is 5. The Morgan fingerprint density at radius 3 is 2.68 bits per heavy atom. The second-order valence-electron chi connectivity index (χ2n) is 7.42. The topological polar surface area (TPSA) is 58.6 Å². The molecule has 1 fully saturated rings. The molecule has 0 aliphatic carbocycles. The van der Waals surface area contributed by atoms with Crippen LogP contribution in [0.1, 0.15) is 30.4 Å². The van der Waals surface area contributed by atoms with E-state index in [0.29, 0.717) is 25.6 Å². The first-order valence-electron chi connectivity index (χ1n) is 9.82. The smallest absolute Gasteiger partial charge is 0.255 e. The lowest BCUT2D eigenvalue weighted by atomic mass is 9.95. The minimum atomic E-state index is -0.572. The fourth-order valence-corrected chi connectivity index (χ4v) is 4.11. The van der Waals surface area contributed by atoms with E-state index in [0.717, 1.165) is 38.4 Å². The highest BCUT2D eigenvalue weighted by Crippen LogP contribution is 2.26. The van der Waals surface area contributed by atoms with Crippen LogP contribution in [-0.4, -0.2) is 47.5 Å². The number of piperidine rings is 1. The lowest BCUT2D eigenvalue weighted by Gasteiger charge is -2.34. The van der Waals surface area contributed by atoms with Crippen LogP contribution in [0.5, 0.6) is 5.88 Å². The molecule has 4 rings (SSSR count). The molecule has 2 aromatic rings. The van der Waals surface area contributed by atoms with Crippen molar-refractivity contribution in [3.05, 3.63) is 47.4 Å². The van der Waals surface area contributed by atoms with Crippen molar-refractivity contribution in [2.45, 2.75) is 32.2 Å². The third kappa shape index (κ3) is 3.79. The Bertz CT molecular complexity index is 852. The van der Waals surface area contributed by atoms with Crippen molar-refractivity contribution in [1.82, 2.24) is 14.9 Å². The molecule has 2 aliphatic heterocycles. The van der Waals surface area contributed by atoms with E-state index >= 15 is 0 Å². The number of rotatable bonds is 3. The van der Waals surface area contributed by atoms with Crippen LogP contribution in [0.4, 0.5) is 10.3 Å². The van der Waals surface area contributed by atoms with Gasteiger partial charge in [0.25, 0.3) is 5.88 Å². The molecule has 0 bridgehead atoms. The normalized spacial score (nSPS) is 17.8. The largest absolute Gasteiger partial charge is 0.479 e. The summed E-state index contributed by atoms with van der Waals surface area (Å²) in [6.07, 6.45) is 4.67. The number of carbonyl (C=O) groups excluding carboxylic acids is 1. The number of aromatic nitrogens is 2. The molecule has 0 saturated carbocycles. The maximum absolute atomic E-state index is 13.5. The number of amides is 1. The highest BCUT2D eigenvalue weighted by Gasteiger charge is 2.30. The number of hydrogen-bond donors (Lipinski definition) is 0. The lowest BCUT2D eigenvalue weighted by Crippen LogP contribution is -2.43. The summed E-state index contributed by atoms with van der Waals surface area (Å²) in [5.74, 6) is 0.0925. The molecule has 2 aliphatic rings. The summed E-state index contributed by atoms with van der Waals surface area (Å²) in [5, 5.41) is 0. The van der Waals surface area contributed by atoms with Gasteiger partial charge in [0.2, 0.25) is 17.7 Å². The third-order valence-electron chi connectivity index (χ3n) is 5.69. The second-order valence-corrected chi connectivity index (χ2v) is 7.42. The third-order valence-corrected chi connectivity index (χ3v) is 5.69. The Balaban J connectivity index is 1.39. The van der Waals surface area contributed by atoms with Crippen molar-refractivity contribution in [2.75, 3.05) is 31.6 Å². The van der Waals surface area contributed by atoms with Gasteiger partial charge in [-0.2, -0.15) is 9.37 Å². The van der Waals surface area contributed by atoms with Gasteiger partial charge >= 0.3 is 0 Å². The quantitative estimate of drug-likeness (QED) is 0.815. The van der Waals surface area contributed by atoms with Crippen LogP contribution < -0.4 is 9.64 Å². The summed E-state index contributed by atoms with van der Waals surface area (Å²) in [6.45, 7) is 2.87. The molecule has 7 heteroatoms. The minimum Gasteiger partial charge on any atom is -0.479 e. The molecule has 0 N–H and O–H groups in total. The molecule has 1 aromatic heterocycles. The molecule has 1 saturated heterocycles. The summed E-state index contributed by atoms with van der Waals surface area (Å²) >= 11 is 0. The van der Waals surface area contributed by atoms with Gasteiger partial charge in [-0.05, 0) is 36.8 Å². The number of anilines is 1. The van der Waals surface area contributed by atoms with E-state index in [1.165, 1.54) is 18.2 Å². The van der Waals surface area contributed by atoms with Crippen LogP contribution >= 0.6 is 0 Å². The van der Waals surface area contributed by atoms with Crippen LogP contribution in [0, 0.1) is 11.7 Å². The van der Waals surface area contributed by atoms with E-state index in [1.807, 2.05) is 15.9 Å². The van der Waals surface area contributed by atoms with E-state index < -0.39 is 5.82 Å². The summed E-state index contributed by atoms with van der Waals surface area (Å²) in [5.41, 5.74) is 2.62. The summed E-state index contributed by atoms with van der Waals surface area (Å²) in [6, 6.07) is 8.41. The van der Waals surface area contributed by atoms with Gasteiger partial charge in [0.05, 0.1) is 13.3 Å². The standard InChI is InChI=1S/C21H25FN4O2/c1-28-19-18(22)13-23-21(24-19)25-11-8-16(9-12-25)20(27)26-10-4-7-15-5-2-3-6-17(15)14-26/h2-3,5-6,13,16H,4,7-12,14H2,1H3. The summed E-state index contributed by atoms with van der Waals surface area (Å²) in [4.78, 5) is 25.3. The highest BCUT2D eigenvalue weighted by molar-refractivity contribution is 5.79. The Morgan fingerprint density at radius 1 is 1.18 bits per heavy atom. The highest BCUT2D eigenvalue weighted by atomic mass is 19.1. The molecule has 148 valence electrons. The van der Waals surface area contributed by atoms with Gasteiger partial charge in [0.1, 0.15) is 0 Å². The average Bonchev–Trinajstić information content (AvgIpc) is 2.96. The van der Waals surface area contributed by atoms with E-state index in [2.05, 4.69) is 28.2 Å². The Hall–Kier alpha value is -2.70. The molecule has 0 spiro atoms. The van der Waals surface area contributed by atoms with Crippen molar-refractivity contribution < 1.29 is 13.9 Å². The van der Waals surface area contributed by atoms with E-state index in [4.69, 9.17) is 4.74 Å². The van der Waals surface area contributed by atoms with Crippen molar-refractivity contribution >= 4 is 11.9 Å². The number of ether oxygens (including phenoxy) is 1. The van der Waals surface area contributed by atoms with Gasteiger partial charge in [-0.15, -0.1) is 0 Å². The first kappa shape index (κ1) is 18.7. The number of fused-ring (bicyclic) bond motifs is 1. The number of aryl methyl sites for hydroxylation is 1. The summed E-state index contributed by atoms with van der Waals surface area (Å²) in [7, 11) is 1.39. The van der Waals surface area contributed by atoms with Crippen LogP contribution in [0.25, 0.3) is 0 Å². The van der Waals surface area contributed by atoms with Gasteiger partial charge in [-0.25, -0.2) is 4.98 Å². The fourth-order valence-electron chi connectivity index (χ4n) is 4.11. The van der Waals surface area contributed by atoms with Crippen LogP contribution in [0.3, 0.4) is 0 Å². The number of methoxy groups -OCH3 is 1. The monoisotopic (exact) mass is 384 g/mol. The molecule has 6 nitrogen and oxygen atoms in total. The van der Waals surface area contributed by atoms with E-state index in [1.54, 1.807) is 0 Å². The zero-order chi connectivity index (χ0) is 19.5. The zero-order valence-corrected chi connectivity index (χ0v) is 16.1. The minimum absolute atomic E-state index is 0.0175. The SMILES string of the molecule is COc1nc(N2CCC(C(=O)N3CCCc4ccccc4C3)CC2)ncc1F. The van der Waals surface area contributed by atoms with Crippen LogP contribution in [-0.2, 0) is 17.8 Å². The molecule has 28 heavy (non-hydrogen) atoms. The predicted molar refractivity (Wildman–Crippen MR) is 104 cm³/mol. The Kier molecular flexibility index (Phi) is 5.41.